The summed E-state index contributed by atoms with van der Waals surface area (Å²) in [7, 11) is 0. The molecule has 0 saturated carbocycles. The van der Waals surface area contributed by atoms with Crippen molar-refractivity contribution in [3.8, 4) is 5.75 Å². The molecule has 0 aliphatic rings. The SMILES string of the molecule is CC(=O)O.CSCC[C@H](NC(=O)[C@H](Cc1ccccc1)NC(=O)CNC(=O)CNC(=O)[C@@H](N)Cc1ccc(O)cc1)C(=O)N[C@@H](CCCN=C(N)N)C(=O)N[C@@H](Cc1ccccc1)C(=O)O. The van der Waals surface area contributed by atoms with Crippen molar-refractivity contribution in [1.29, 1.82) is 0 Å². The topological polar surface area (TPSA) is 360 Å². The van der Waals surface area contributed by atoms with Crippen molar-refractivity contribution in [2.75, 3.05) is 31.6 Å². The van der Waals surface area contributed by atoms with Gasteiger partial charge in [-0.3, -0.25) is 38.6 Å². The van der Waals surface area contributed by atoms with E-state index in [-0.39, 0.29) is 56.8 Å². The van der Waals surface area contributed by atoms with Gasteiger partial charge in [-0.2, -0.15) is 11.8 Å². The zero-order chi connectivity index (χ0) is 49.0. The highest BCUT2D eigenvalue weighted by Crippen LogP contribution is 2.12. The molecule has 21 nitrogen and oxygen atoms in total. The number of hydrogen-bond acceptors (Lipinski definition) is 12. The van der Waals surface area contributed by atoms with E-state index in [2.05, 4.69) is 36.9 Å². The van der Waals surface area contributed by atoms with Crippen molar-refractivity contribution < 1.29 is 53.7 Å². The maximum atomic E-state index is 13.9. The van der Waals surface area contributed by atoms with Crippen molar-refractivity contribution in [2.24, 2.45) is 22.2 Å². The van der Waals surface area contributed by atoms with Crippen LogP contribution < -0.4 is 49.1 Å². The summed E-state index contributed by atoms with van der Waals surface area (Å²) in [6.45, 7) is 0.168. The number of amides is 6. The van der Waals surface area contributed by atoms with Crippen LogP contribution in [-0.4, -0.2) is 131 Å². The van der Waals surface area contributed by atoms with Crippen molar-refractivity contribution in [3.63, 3.8) is 0 Å². The lowest BCUT2D eigenvalue weighted by atomic mass is 10.0. The lowest BCUT2D eigenvalue weighted by Gasteiger charge is -2.26. The molecule has 0 heterocycles. The number of nitrogens with zero attached hydrogens (tertiary/aromatic N) is 1. The number of phenolic OH excluding ortho intramolecular Hbond substituents is 1. The first-order valence-corrected chi connectivity index (χ1v) is 22.1. The molecule has 0 aliphatic carbocycles. The van der Waals surface area contributed by atoms with Gasteiger partial charge in [0, 0.05) is 26.3 Å². The van der Waals surface area contributed by atoms with Crippen LogP contribution in [0.2, 0.25) is 0 Å². The van der Waals surface area contributed by atoms with Crippen LogP contribution in [0.5, 0.6) is 5.75 Å². The number of aromatic hydroxyl groups is 1. The van der Waals surface area contributed by atoms with Crippen molar-refractivity contribution in [3.05, 3.63) is 102 Å². The van der Waals surface area contributed by atoms with Gasteiger partial charge in [0.25, 0.3) is 5.97 Å². The van der Waals surface area contributed by atoms with Crippen LogP contribution in [0.4, 0.5) is 0 Å². The Balaban J connectivity index is 0.00000358. The second-order valence-corrected chi connectivity index (χ2v) is 15.7. The smallest absolute Gasteiger partial charge is 0.326 e. The number of thioether (sulfide) groups is 1. The summed E-state index contributed by atoms with van der Waals surface area (Å²) in [4.78, 5) is 105. The number of phenols is 1. The molecule has 6 amide bonds. The van der Waals surface area contributed by atoms with Crippen LogP contribution in [0, 0.1) is 0 Å². The van der Waals surface area contributed by atoms with Gasteiger partial charge in [-0.15, -0.1) is 0 Å². The highest BCUT2D eigenvalue weighted by molar-refractivity contribution is 7.98. The molecule has 0 unspecified atom stereocenters. The number of nitrogens with one attached hydrogen (secondary N) is 6. The number of hydrogen-bond donors (Lipinski definition) is 12. The molecule has 66 heavy (non-hydrogen) atoms. The van der Waals surface area contributed by atoms with Crippen LogP contribution in [-0.2, 0) is 57.6 Å². The van der Waals surface area contributed by atoms with Crippen LogP contribution in [0.3, 0.4) is 0 Å². The molecule has 3 rings (SSSR count). The normalized spacial score (nSPS) is 12.7. The lowest BCUT2D eigenvalue weighted by molar-refractivity contribution is -0.142. The minimum atomic E-state index is -1.32. The monoisotopic (exact) mass is 936 g/mol. The number of aliphatic carboxylic acids is 2. The van der Waals surface area contributed by atoms with Gasteiger partial charge in [0.15, 0.2) is 5.96 Å². The summed E-state index contributed by atoms with van der Waals surface area (Å²) in [5.74, 6) is -6.08. The molecule has 3 aromatic carbocycles. The number of carboxylic acid groups (broad SMARTS) is 2. The van der Waals surface area contributed by atoms with E-state index in [1.54, 1.807) is 79.1 Å². The number of carbonyl (C=O) groups is 8. The first-order valence-electron chi connectivity index (χ1n) is 20.7. The molecule has 0 aromatic heterocycles. The summed E-state index contributed by atoms with van der Waals surface area (Å²) >= 11 is 1.40. The van der Waals surface area contributed by atoms with E-state index in [1.807, 2.05) is 0 Å². The Morgan fingerprint density at radius 3 is 1.59 bits per heavy atom. The van der Waals surface area contributed by atoms with Gasteiger partial charge in [-0.1, -0.05) is 72.8 Å². The quantitative estimate of drug-likeness (QED) is 0.0258. The third kappa shape index (κ3) is 22.9. The molecular formula is C44H60N10O11S. The molecule has 358 valence electrons. The van der Waals surface area contributed by atoms with E-state index in [4.69, 9.17) is 27.1 Å². The first kappa shape index (κ1) is 54.9. The molecule has 3 aromatic rings. The average Bonchev–Trinajstić information content (AvgIpc) is 3.27. The highest BCUT2D eigenvalue weighted by Gasteiger charge is 2.31. The molecule has 0 bridgehead atoms. The van der Waals surface area contributed by atoms with E-state index < -0.39 is 90.7 Å². The minimum Gasteiger partial charge on any atom is -0.508 e. The maximum absolute atomic E-state index is 13.9. The van der Waals surface area contributed by atoms with Crippen LogP contribution in [0.1, 0.15) is 42.9 Å². The van der Waals surface area contributed by atoms with E-state index in [0.29, 0.717) is 22.4 Å². The largest absolute Gasteiger partial charge is 0.508 e. The van der Waals surface area contributed by atoms with Crippen LogP contribution in [0.25, 0.3) is 0 Å². The number of rotatable bonds is 26. The van der Waals surface area contributed by atoms with E-state index >= 15 is 0 Å². The summed E-state index contributed by atoms with van der Waals surface area (Å²) in [5, 5.41) is 42.1. The summed E-state index contributed by atoms with van der Waals surface area (Å²) in [6, 6.07) is 17.7. The number of guanidine groups is 1. The molecule has 0 fully saturated rings. The zero-order valence-corrected chi connectivity index (χ0v) is 37.6. The van der Waals surface area contributed by atoms with Crippen molar-refractivity contribution in [2.45, 2.75) is 75.7 Å². The number of carbonyl (C=O) groups excluding carboxylic acids is 6. The predicted molar refractivity (Wildman–Crippen MR) is 248 cm³/mol. The Hall–Kier alpha value is -7.20. The van der Waals surface area contributed by atoms with Gasteiger partial charge in [-0.05, 0) is 66.5 Å². The van der Waals surface area contributed by atoms with Crippen molar-refractivity contribution in [1.82, 2.24) is 31.9 Å². The minimum absolute atomic E-state index is 0.00597. The predicted octanol–water partition coefficient (Wildman–Crippen LogP) is -1.10. The summed E-state index contributed by atoms with van der Waals surface area (Å²) in [6.07, 6.45) is 2.32. The summed E-state index contributed by atoms with van der Waals surface area (Å²) < 4.78 is 0. The third-order valence-electron chi connectivity index (χ3n) is 9.25. The van der Waals surface area contributed by atoms with E-state index in [1.165, 1.54) is 23.9 Å². The molecule has 0 aliphatic heterocycles. The second kappa shape index (κ2) is 30.0. The molecule has 0 radical (unpaired) electrons. The van der Waals surface area contributed by atoms with Crippen LogP contribution in [0.15, 0.2) is 89.9 Å². The Bertz CT molecular complexity index is 2070. The van der Waals surface area contributed by atoms with E-state index in [9.17, 15) is 43.8 Å². The molecule has 5 atom stereocenters. The third-order valence-corrected chi connectivity index (χ3v) is 9.90. The molecule has 15 N–H and O–H groups in total. The summed E-state index contributed by atoms with van der Waals surface area (Å²) in [5.41, 5.74) is 18.9. The van der Waals surface area contributed by atoms with Crippen LogP contribution >= 0.6 is 11.8 Å². The number of benzene rings is 3. The standard InChI is InChI=1S/C42H56N10O9S.C2H4O2/c1-62-20-18-32(39(58)50-31(13-8-19-46-42(44)45)38(57)52-34(41(60)61)23-27-11-6-3-7-12-27)51-40(59)33(22-26-9-4-2-5-10-26)49-36(55)25-47-35(54)24-48-37(56)30(43)21-28-14-16-29(53)17-15-28;1-2(3)4/h2-7,9-12,14-17,30-34,53H,8,13,18-25,43H2,1H3,(H,47,54)(H,48,56)(H,49,55)(H,50,58)(H,51,59)(H,52,57)(H,60,61)(H4,44,45,46);1H3,(H,3,4)/t30-,31-,32-,33-,34-;/m0./s1. The molecular weight excluding hydrogens is 877 g/mol. The van der Waals surface area contributed by atoms with E-state index in [0.717, 1.165) is 6.92 Å². The molecule has 0 saturated heterocycles. The average molecular weight is 937 g/mol. The van der Waals surface area contributed by atoms with Gasteiger partial charge >= 0.3 is 5.97 Å². The van der Waals surface area contributed by atoms with Gasteiger partial charge in [0.05, 0.1) is 19.1 Å². The van der Waals surface area contributed by atoms with Gasteiger partial charge in [0.2, 0.25) is 35.4 Å². The number of aliphatic imine (C=N–C) groups is 1. The fraction of sp³-hybridized carbons (Fsp3) is 0.386. The Kier molecular flexibility index (Phi) is 25.0. The number of carboxylic acids is 2. The Morgan fingerprint density at radius 1 is 0.606 bits per heavy atom. The fourth-order valence-electron chi connectivity index (χ4n) is 5.97. The second-order valence-electron chi connectivity index (χ2n) is 14.7. The van der Waals surface area contributed by atoms with Crippen molar-refractivity contribution >= 4 is 65.1 Å². The van der Waals surface area contributed by atoms with Gasteiger partial charge in [0.1, 0.15) is 29.9 Å². The van der Waals surface area contributed by atoms with Gasteiger partial charge in [-0.25, -0.2) is 4.79 Å². The Labute approximate surface area is 386 Å². The fourth-order valence-corrected chi connectivity index (χ4v) is 6.44. The molecule has 0 spiro atoms. The first-order chi connectivity index (χ1) is 31.4. The number of nitrogens with two attached hydrogens (primary N) is 3. The lowest BCUT2D eigenvalue weighted by Crippen LogP contribution is -2.58. The Morgan fingerprint density at radius 2 is 1.08 bits per heavy atom. The van der Waals surface area contributed by atoms with Gasteiger partial charge < -0.3 is 64.4 Å². The maximum Gasteiger partial charge on any atom is 0.326 e. The highest BCUT2D eigenvalue weighted by atomic mass is 32.2. The molecule has 22 heteroatoms. The zero-order valence-electron chi connectivity index (χ0n) is 36.7.